The maximum atomic E-state index is 7.09. The van der Waals surface area contributed by atoms with E-state index < -0.39 is 16.6 Å². The third-order valence-corrected chi connectivity index (χ3v) is 21.9. The lowest BCUT2D eigenvalue weighted by Crippen LogP contribution is -2.49. The Kier molecular flexibility index (Phi) is 11.8. The van der Waals surface area contributed by atoms with Gasteiger partial charge in [-0.05, 0) is 115 Å². The van der Waals surface area contributed by atoms with Crippen molar-refractivity contribution in [2.24, 2.45) is 29.1 Å². The van der Waals surface area contributed by atoms with E-state index in [1.807, 2.05) is 0 Å². The number of rotatable bonds is 10. The van der Waals surface area contributed by atoms with Crippen molar-refractivity contribution in [2.75, 3.05) is 0 Å². The third-order valence-electron chi connectivity index (χ3n) is 12.9. The lowest BCUT2D eigenvalue weighted by atomic mass is 9.60. The molecule has 0 unspecified atom stereocenters. The van der Waals surface area contributed by atoms with Gasteiger partial charge in [-0.25, -0.2) is 0 Å². The molecule has 43 heavy (non-hydrogen) atoms. The highest BCUT2D eigenvalue weighted by atomic mass is 28.4. The predicted octanol–water partition coefficient (Wildman–Crippen LogP) is 12.6. The summed E-state index contributed by atoms with van der Waals surface area (Å²) in [6.07, 6.45) is 18.1. The predicted molar refractivity (Wildman–Crippen MR) is 195 cm³/mol. The van der Waals surface area contributed by atoms with Gasteiger partial charge in [-0.2, -0.15) is 0 Å². The van der Waals surface area contributed by atoms with Crippen LogP contribution in [0.4, 0.5) is 0 Å². The van der Waals surface area contributed by atoms with Crippen LogP contribution in [0.25, 0.3) is 0 Å². The van der Waals surface area contributed by atoms with Gasteiger partial charge in [0, 0.05) is 6.42 Å². The smallest absolute Gasteiger partial charge is 0.192 e. The summed E-state index contributed by atoms with van der Waals surface area (Å²) >= 11 is 0. The Labute approximate surface area is 271 Å². The van der Waals surface area contributed by atoms with Crippen molar-refractivity contribution in [3.63, 3.8) is 0 Å². The fourth-order valence-electron chi connectivity index (χ4n) is 8.03. The molecule has 0 N–H and O–H groups in total. The van der Waals surface area contributed by atoms with Gasteiger partial charge in [-0.15, -0.1) is 0 Å². The molecule has 0 saturated heterocycles. The average Bonchev–Trinajstić information content (AvgIpc) is 3.20. The Hall–Kier alpha value is -0.426. The molecule has 3 rings (SSSR count). The van der Waals surface area contributed by atoms with Crippen LogP contribution < -0.4 is 0 Å². The maximum Gasteiger partial charge on any atom is 0.192 e. The summed E-state index contributed by atoms with van der Waals surface area (Å²) in [6, 6.07) is 0. The van der Waals surface area contributed by atoms with Crippen molar-refractivity contribution in [2.45, 2.75) is 182 Å². The molecule has 0 bridgehead atoms. The second kappa shape index (κ2) is 13.7. The molecule has 0 aromatic rings. The van der Waals surface area contributed by atoms with Crippen LogP contribution in [0.1, 0.15) is 133 Å². The van der Waals surface area contributed by atoms with Crippen LogP contribution in [0.3, 0.4) is 0 Å². The summed E-state index contributed by atoms with van der Waals surface area (Å²) in [6.45, 7) is 38.3. The minimum atomic E-state index is -1.95. The van der Waals surface area contributed by atoms with Crippen LogP contribution in [-0.2, 0) is 8.85 Å². The summed E-state index contributed by atoms with van der Waals surface area (Å²) in [4.78, 5) is 0. The standard InChI is InChI=1S/C39H72O2Si2/c1-28(2)18-16-19-29(3)34-23-24-35-31(20-17-25-39(34,35)11)21-22-32-26-33(40-42(12,13)37(5,6)7)27-36(30(32)4)41-43(14,15)38(8,9)10/h21-22,28-29,33-36H,4,16-20,23-27H2,1-3,5-15H3/b31-21-,32-22-/t29-,33-,34-,35+,36+,39-/m1/s1. The zero-order valence-electron chi connectivity index (χ0n) is 31.2. The summed E-state index contributed by atoms with van der Waals surface area (Å²) in [5, 5.41) is 0.366. The molecule has 3 saturated carbocycles. The Morgan fingerprint density at radius 1 is 0.907 bits per heavy atom. The molecule has 2 nitrogen and oxygen atoms in total. The second-order valence-electron chi connectivity index (χ2n) is 18.7. The van der Waals surface area contributed by atoms with Crippen LogP contribution in [0.2, 0.25) is 36.3 Å². The number of hydrogen-bond donors (Lipinski definition) is 0. The van der Waals surface area contributed by atoms with Crippen LogP contribution >= 0.6 is 0 Å². The summed E-state index contributed by atoms with van der Waals surface area (Å²) in [5.41, 5.74) is 4.75. The van der Waals surface area contributed by atoms with Gasteiger partial charge < -0.3 is 8.85 Å². The number of fused-ring (bicyclic) bond motifs is 1. The normalized spacial score (nSPS) is 32.1. The summed E-state index contributed by atoms with van der Waals surface area (Å²) in [5.74, 6) is 3.28. The Balaban J connectivity index is 1.87. The first-order valence-corrected chi connectivity index (χ1v) is 23.8. The number of hydrogen-bond acceptors (Lipinski definition) is 2. The Morgan fingerprint density at radius 3 is 2.09 bits per heavy atom. The monoisotopic (exact) mass is 629 g/mol. The molecular weight excluding hydrogens is 557 g/mol. The molecule has 0 amide bonds. The largest absolute Gasteiger partial charge is 0.413 e. The highest BCUT2D eigenvalue weighted by Gasteiger charge is 2.50. The van der Waals surface area contributed by atoms with E-state index in [1.165, 1.54) is 62.5 Å². The van der Waals surface area contributed by atoms with E-state index in [1.54, 1.807) is 5.57 Å². The zero-order valence-corrected chi connectivity index (χ0v) is 33.2. The molecule has 3 fully saturated rings. The van der Waals surface area contributed by atoms with Crippen molar-refractivity contribution in [3.05, 3.63) is 35.5 Å². The SMILES string of the molecule is C=C1/C(=C\C=C2\CCC[C@]3(C)[C@@H]([C@H](C)CCCC(C)C)CC[C@@H]23)C[C@@H](O[Si](C)(C)C(C)(C)C)C[C@@H]1O[Si](C)(C)C(C)(C)C. The van der Waals surface area contributed by atoms with Gasteiger partial charge in [-0.3, -0.25) is 0 Å². The van der Waals surface area contributed by atoms with Crippen LogP contribution in [0, 0.1) is 29.1 Å². The van der Waals surface area contributed by atoms with Crippen molar-refractivity contribution in [1.82, 2.24) is 0 Å². The maximum absolute atomic E-state index is 7.09. The molecule has 0 aliphatic heterocycles. The van der Waals surface area contributed by atoms with Gasteiger partial charge in [-0.1, -0.05) is 113 Å². The fraction of sp³-hybridized carbons (Fsp3) is 0.846. The first-order chi connectivity index (χ1) is 19.6. The molecule has 3 aliphatic rings. The van der Waals surface area contributed by atoms with E-state index in [2.05, 4.69) is 108 Å². The Bertz CT molecular complexity index is 1020. The Morgan fingerprint density at radius 2 is 1.51 bits per heavy atom. The molecule has 4 heteroatoms. The fourth-order valence-corrected chi connectivity index (χ4v) is 10.7. The molecule has 0 spiro atoms. The molecular formula is C39H72O2Si2. The van der Waals surface area contributed by atoms with E-state index in [0.29, 0.717) is 5.41 Å². The molecule has 0 heterocycles. The van der Waals surface area contributed by atoms with Gasteiger partial charge in [0.1, 0.15) is 0 Å². The second-order valence-corrected chi connectivity index (χ2v) is 28.2. The average molecular weight is 629 g/mol. The highest BCUT2D eigenvalue weighted by molar-refractivity contribution is 6.74. The van der Waals surface area contributed by atoms with E-state index in [-0.39, 0.29) is 22.3 Å². The van der Waals surface area contributed by atoms with E-state index in [0.717, 1.165) is 36.5 Å². The summed E-state index contributed by atoms with van der Waals surface area (Å²) < 4.78 is 14.2. The third kappa shape index (κ3) is 8.69. The van der Waals surface area contributed by atoms with Crippen molar-refractivity contribution < 1.29 is 8.85 Å². The molecule has 0 aromatic carbocycles. The minimum absolute atomic E-state index is 0.0493. The molecule has 0 aromatic heterocycles. The van der Waals surface area contributed by atoms with Gasteiger partial charge in [0.05, 0.1) is 12.2 Å². The van der Waals surface area contributed by atoms with Gasteiger partial charge in [0.2, 0.25) is 0 Å². The zero-order chi connectivity index (χ0) is 32.6. The van der Waals surface area contributed by atoms with Gasteiger partial charge >= 0.3 is 0 Å². The van der Waals surface area contributed by atoms with Crippen LogP contribution in [-0.4, -0.2) is 28.8 Å². The minimum Gasteiger partial charge on any atom is -0.413 e. The van der Waals surface area contributed by atoms with Gasteiger partial charge in [0.15, 0.2) is 16.6 Å². The molecule has 6 atom stereocenters. The summed E-state index contributed by atoms with van der Waals surface area (Å²) in [7, 11) is -3.86. The van der Waals surface area contributed by atoms with Gasteiger partial charge in [0.25, 0.3) is 0 Å². The van der Waals surface area contributed by atoms with Crippen LogP contribution in [0.5, 0.6) is 0 Å². The van der Waals surface area contributed by atoms with Crippen LogP contribution in [0.15, 0.2) is 35.5 Å². The lowest BCUT2D eigenvalue weighted by Gasteiger charge is -2.46. The highest BCUT2D eigenvalue weighted by Crippen LogP contribution is 2.60. The molecule has 3 aliphatic carbocycles. The van der Waals surface area contributed by atoms with E-state index in [9.17, 15) is 0 Å². The molecule has 0 radical (unpaired) electrons. The van der Waals surface area contributed by atoms with E-state index in [4.69, 9.17) is 15.4 Å². The van der Waals surface area contributed by atoms with Crippen molar-refractivity contribution in [1.29, 1.82) is 0 Å². The van der Waals surface area contributed by atoms with E-state index >= 15 is 0 Å². The first kappa shape index (κ1) is 37.0. The molecule has 248 valence electrons. The first-order valence-electron chi connectivity index (χ1n) is 18.0. The van der Waals surface area contributed by atoms with Crippen molar-refractivity contribution >= 4 is 16.6 Å². The lowest BCUT2D eigenvalue weighted by molar-refractivity contribution is 0.0927. The van der Waals surface area contributed by atoms with Crippen molar-refractivity contribution in [3.8, 4) is 0 Å². The number of allylic oxidation sites excluding steroid dienone is 3. The quantitative estimate of drug-likeness (QED) is 0.224. The topological polar surface area (TPSA) is 18.5 Å².